The molecule has 4 nitrogen and oxygen atoms in total. The molecule has 1 amide bonds. The molecule has 2 aliphatic rings. The minimum absolute atomic E-state index is 0.0947. The van der Waals surface area contributed by atoms with E-state index in [4.69, 9.17) is 4.98 Å². The molecule has 0 radical (unpaired) electrons. The van der Waals surface area contributed by atoms with Crippen LogP contribution in [0.1, 0.15) is 54.5 Å². The number of amides is 1. The first-order valence-corrected chi connectivity index (χ1v) is 8.55. The molecule has 0 spiro atoms. The maximum Gasteiger partial charge on any atom is 0.226 e. The van der Waals surface area contributed by atoms with Crippen LogP contribution in [0.25, 0.3) is 0 Å². The second kappa shape index (κ2) is 5.52. The zero-order valence-corrected chi connectivity index (χ0v) is 13.8. The van der Waals surface area contributed by atoms with Crippen LogP contribution in [-0.2, 0) is 30.7 Å². The molecule has 2 aromatic rings. The summed E-state index contributed by atoms with van der Waals surface area (Å²) in [6.45, 7) is 5.82. The topological polar surface area (TPSA) is 49.0 Å². The summed E-state index contributed by atoms with van der Waals surface area (Å²) in [5.74, 6) is 1.85. The average Bonchev–Trinajstić information content (AvgIpc) is 3.17. The van der Waals surface area contributed by atoms with E-state index in [2.05, 4.69) is 43.1 Å². The highest BCUT2D eigenvalue weighted by atomic mass is 16.2. The van der Waals surface area contributed by atoms with E-state index in [1.807, 2.05) is 4.90 Å². The minimum Gasteiger partial charge on any atom is -0.345 e. The molecule has 4 rings (SSSR count). The summed E-state index contributed by atoms with van der Waals surface area (Å²) in [5.41, 5.74) is 4.93. The predicted octanol–water partition coefficient (Wildman–Crippen LogP) is 3.18. The lowest BCUT2D eigenvalue weighted by Crippen LogP contribution is -2.35. The van der Waals surface area contributed by atoms with Crippen LogP contribution in [0.2, 0.25) is 0 Å². The Morgan fingerprint density at radius 3 is 2.61 bits per heavy atom. The normalized spacial score (nSPS) is 19.8. The van der Waals surface area contributed by atoms with E-state index >= 15 is 0 Å². The molecular weight excluding hydrogens is 286 g/mol. The summed E-state index contributed by atoms with van der Waals surface area (Å²) < 4.78 is 0. The van der Waals surface area contributed by atoms with Gasteiger partial charge in [0.15, 0.2) is 0 Å². The Labute approximate surface area is 136 Å². The third-order valence-corrected chi connectivity index (χ3v) is 5.11. The number of hydrogen-bond donors (Lipinski definition) is 1. The highest BCUT2D eigenvalue weighted by Crippen LogP contribution is 2.30. The fourth-order valence-corrected chi connectivity index (χ4v) is 3.73. The van der Waals surface area contributed by atoms with Gasteiger partial charge in [-0.15, -0.1) is 0 Å². The van der Waals surface area contributed by atoms with Crippen molar-refractivity contribution in [1.82, 2.24) is 14.9 Å². The Bertz CT molecular complexity index is 722. The molecule has 1 aromatic carbocycles. The SMILES string of the molecule is CC(C)c1nc2c([nH]1)C[C@@H](C(=O)N1Cc3ccccc3C1)CC2. The van der Waals surface area contributed by atoms with E-state index in [1.165, 1.54) is 22.5 Å². The lowest BCUT2D eigenvalue weighted by molar-refractivity contribution is -0.136. The molecule has 1 aliphatic carbocycles. The van der Waals surface area contributed by atoms with Gasteiger partial charge < -0.3 is 9.88 Å². The number of hydrogen-bond acceptors (Lipinski definition) is 2. The third kappa shape index (κ3) is 2.56. The molecule has 1 N–H and O–H groups in total. The summed E-state index contributed by atoms with van der Waals surface area (Å²) in [6.07, 6.45) is 2.64. The van der Waals surface area contributed by atoms with Gasteiger partial charge >= 0.3 is 0 Å². The lowest BCUT2D eigenvalue weighted by atomic mass is 9.89. The predicted molar refractivity (Wildman–Crippen MR) is 88.9 cm³/mol. The number of aromatic nitrogens is 2. The second-order valence-corrected chi connectivity index (χ2v) is 7.10. The zero-order valence-electron chi connectivity index (χ0n) is 13.8. The van der Waals surface area contributed by atoms with Crippen LogP contribution in [0.15, 0.2) is 24.3 Å². The van der Waals surface area contributed by atoms with Gasteiger partial charge in [0.05, 0.1) is 5.69 Å². The number of nitrogens with zero attached hydrogens (tertiary/aromatic N) is 2. The molecule has 0 bridgehead atoms. The Balaban J connectivity index is 1.48. The van der Waals surface area contributed by atoms with Gasteiger partial charge in [-0.2, -0.15) is 0 Å². The molecule has 0 unspecified atom stereocenters. The van der Waals surface area contributed by atoms with Crippen molar-refractivity contribution in [3.05, 3.63) is 52.6 Å². The van der Waals surface area contributed by atoms with E-state index in [-0.39, 0.29) is 5.92 Å². The number of fused-ring (bicyclic) bond motifs is 2. The van der Waals surface area contributed by atoms with Crippen molar-refractivity contribution in [3.63, 3.8) is 0 Å². The summed E-state index contributed by atoms with van der Waals surface area (Å²) in [5, 5.41) is 0. The van der Waals surface area contributed by atoms with E-state index in [1.54, 1.807) is 0 Å². The smallest absolute Gasteiger partial charge is 0.226 e. The monoisotopic (exact) mass is 309 g/mol. The number of carbonyl (C=O) groups is 1. The molecule has 4 heteroatoms. The van der Waals surface area contributed by atoms with Crippen LogP contribution in [-0.4, -0.2) is 20.8 Å². The standard InChI is InChI=1S/C19H23N3O/c1-12(2)18-20-16-8-7-13(9-17(16)21-18)19(23)22-10-14-5-3-4-6-15(14)11-22/h3-6,12-13H,7-11H2,1-2H3,(H,20,21)/t13-/m0/s1. The highest BCUT2D eigenvalue weighted by Gasteiger charge is 2.32. The van der Waals surface area contributed by atoms with E-state index in [0.29, 0.717) is 11.8 Å². The zero-order chi connectivity index (χ0) is 16.0. The summed E-state index contributed by atoms with van der Waals surface area (Å²) in [6, 6.07) is 8.37. The number of aromatic amines is 1. The van der Waals surface area contributed by atoms with Crippen molar-refractivity contribution < 1.29 is 4.79 Å². The van der Waals surface area contributed by atoms with Crippen molar-refractivity contribution >= 4 is 5.91 Å². The van der Waals surface area contributed by atoms with Crippen molar-refractivity contribution in [1.29, 1.82) is 0 Å². The maximum absolute atomic E-state index is 12.9. The molecule has 2 heterocycles. The number of aryl methyl sites for hydroxylation is 1. The first kappa shape index (κ1) is 14.5. The van der Waals surface area contributed by atoms with Crippen LogP contribution in [0.5, 0.6) is 0 Å². The van der Waals surface area contributed by atoms with Crippen molar-refractivity contribution in [3.8, 4) is 0 Å². The second-order valence-electron chi connectivity index (χ2n) is 7.10. The number of benzene rings is 1. The van der Waals surface area contributed by atoms with Gasteiger partial charge in [-0.1, -0.05) is 38.1 Å². The molecule has 0 saturated heterocycles. The van der Waals surface area contributed by atoms with Crippen LogP contribution >= 0.6 is 0 Å². The average molecular weight is 309 g/mol. The Kier molecular flexibility index (Phi) is 3.47. The Hall–Kier alpha value is -2.10. The number of imidazole rings is 1. The molecule has 120 valence electrons. The highest BCUT2D eigenvalue weighted by molar-refractivity contribution is 5.80. The quantitative estimate of drug-likeness (QED) is 0.926. The first-order chi connectivity index (χ1) is 11.1. The van der Waals surface area contributed by atoms with Crippen molar-refractivity contribution in [2.24, 2.45) is 5.92 Å². The largest absolute Gasteiger partial charge is 0.345 e. The van der Waals surface area contributed by atoms with Crippen molar-refractivity contribution in [2.45, 2.75) is 52.1 Å². The van der Waals surface area contributed by atoms with Crippen LogP contribution < -0.4 is 0 Å². The fraction of sp³-hybridized carbons (Fsp3) is 0.474. The fourth-order valence-electron chi connectivity index (χ4n) is 3.73. The first-order valence-electron chi connectivity index (χ1n) is 8.55. The molecule has 1 aliphatic heterocycles. The van der Waals surface area contributed by atoms with Gasteiger partial charge in [0, 0.05) is 37.0 Å². The maximum atomic E-state index is 12.9. The third-order valence-electron chi connectivity index (χ3n) is 5.11. The van der Waals surface area contributed by atoms with Crippen LogP contribution in [0.4, 0.5) is 0 Å². The van der Waals surface area contributed by atoms with Crippen molar-refractivity contribution in [2.75, 3.05) is 0 Å². The molecular formula is C19H23N3O. The van der Waals surface area contributed by atoms with Gasteiger partial charge in [-0.05, 0) is 24.0 Å². The molecule has 1 aromatic heterocycles. The Morgan fingerprint density at radius 1 is 1.26 bits per heavy atom. The van der Waals surface area contributed by atoms with Gasteiger partial charge in [-0.3, -0.25) is 4.79 Å². The number of H-pyrrole nitrogens is 1. The Morgan fingerprint density at radius 2 is 1.96 bits per heavy atom. The van der Waals surface area contributed by atoms with Gasteiger partial charge in [-0.25, -0.2) is 4.98 Å². The molecule has 0 saturated carbocycles. The number of carbonyl (C=O) groups excluding carboxylic acids is 1. The molecule has 0 fully saturated rings. The van der Waals surface area contributed by atoms with E-state index in [0.717, 1.165) is 38.2 Å². The lowest BCUT2D eigenvalue weighted by Gasteiger charge is -2.25. The van der Waals surface area contributed by atoms with Crippen LogP contribution in [0, 0.1) is 5.92 Å². The van der Waals surface area contributed by atoms with Crippen LogP contribution in [0.3, 0.4) is 0 Å². The molecule has 23 heavy (non-hydrogen) atoms. The van der Waals surface area contributed by atoms with Gasteiger partial charge in [0.1, 0.15) is 5.82 Å². The van der Waals surface area contributed by atoms with Gasteiger partial charge in [0.25, 0.3) is 0 Å². The van der Waals surface area contributed by atoms with E-state index in [9.17, 15) is 4.79 Å². The minimum atomic E-state index is 0.0947. The number of nitrogens with one attached hydrogen (secondary N) is 1. The molecule has 1 atom stereocenters. The summed E-state index contributed by atoms with van der Waals surface area (Å²) >= 11 is 0. The summed E-state index contributed by atoms with van der Waals surface area (Å²) in [4.78, 5) is 23.1. The summed E-state index contributed by atoms with van der Waals surface area (Å²) in [7, 11) is 0. The number of rotatable bonds is 2. The van der Waals surface area contributed by atoms with Gasteiger partial charge in [0.2, 0.25) is 5.91 Å². The van der Waals surface area contributed by atoms with E-state index < -0.39 is 0 Å².